The van der Waals surface area contributed by atoms with Gasteiger partial charge >= 0.3 is 6.18 Å². The van der Waals surface area contributed by atoms with E-state index in [1.165, 1.54) is 10.6 Å². The van der Waals surface area contributed by atoms with Crippen molar-refractivity contribution in [2.75, 3.05) is 34.4 Å². The molecule has 2 N–H and O–H groups in total. The molecule has 0 atom stereocenters. The highest BCUT2D eigenvalue weighted by atomic mass is 35.5. The van der Waals surface area contributed by atoms with E-state index in [0.717, 1.165) is 17.3 Å². The quantitative estimate of drug-likeness (QED) is 0.185. The lowest BCUT2D eigenvalue weighted by Gasteiger charge is -2.24. The number of halogens is 5. The Labute approximate surface area is 269 Å². The van der Waals surface area contributed by atoms with Crippen LogP contribution in [0.15, 0.2) is 42.2 Å². The zero-order valence-corrected chi connectivity index (χ0v) is 27.7. The van der Waals surface area contributed by atoms with Crippen molar-refractivity contribution < 1.29 is 43.7 Å². The molecule has 0 aliphatic carbocycles. The van der Waals surface area contributed by atoms with Gasteiger partial charge in [-0.25, -0.2) is 9.13 Å². The number of aromatic nitrogens is 2. The van der Waals surface area contributed by atoms with Crippen molar-refractivity contribution in [3.8, 4) is 0 Å². The Hall–Kier alpha value is -2.82. The average molecular weight is 713 g/mol. The molecule has 1 aliphatic rings. The van der Waals surface area contributed by atoms with Crippen molar-refractivity contribution in [3.05, 3.63) is 69.2 Å². The van der Waals surface area contributed by atoms with Crippen LogP contribution in [-0.2, 0) is 39.5 Å². The van der Waals surface area contributed by atoms with Gasteiger partial charge in [0.15, 0.2) is 11.0 Å². The summed E-state index contributed by atoms with van der Waals surface area (Å²) in [6.45, 7) is 6.17. The summed E-state index contributed by atoms with van der Waals surface area (Å²) in [5.41, 5.74) is 1.67. The minimum Gasteiger partial charge on any atom is -0.326 e. The zero-order valence-electron chi connectivity index (χ0n) is 24.5. The van der Waals surface area contributed by atoms with Crippen LogP contribution in [0.3, 0.4) is 0 Å². The maximum atomic E-state index is 13.8. The van der Waals surface area contributed by atoms with Crippen molar-refractivity contribution in [3.63, 3.8) is 0 Å². The molecule has 2 heterocycles. The molecule has 0 radical (unpaired) electrons. The van der Waals surface area contributed by atoms with Crippen molar-refractivity contribution in [2.24, 2.45) is 0 Å². The number of benzene rings is 2. The van der Waals surface area contributed by atoms with Crippen LogP contribution in [0.5, 0.6) is 0 Å². The standard InChI is InChI=1S/C28H31Cl2F3N4O6S2/c1-4-34-24-16-20(29)18(3)14-22(24)37(11-13-45(41,42)43)27(34)9-6-8-26-35(5-2)25-17-21(30)19(28(31,32)33)15-23(25)36(26)10-7-12-44(38,39)40/h6,8-9,14-17H,4-5,7,10-13H2,1-3H3,(H-,38,39,40,41,42,43)/p+1. The largest absolute Gasteiger partial charge is 0.418 e. The van der Waals surface area contributed by atoms with E-state index in [2.05, 4.69) is 0 Å². The van der Waals surface area contributed by atoms with Gasteiger partial charge in [0.05, 0.1) is 46.6 Å². The molecule has 246 valence electrons. The molecule has 17 heteroatoms. The molecule has 1 aromatic heterocycles. The molecule has 0 saturated heterocycles. The van der Waals surface area contributed by atoms with Gasteiger partial charge in [0.2, 0.25) is 0 Å². The van der Waals surface area contributed by atoms with Crippen LogP contribution in [0, 0.1) is 6.92 Å². The van der Waals surface area contributed by atoms with E-state index in [-0.39, 0.29) is 25.0 Å². The minimum atomic E-state index is -4.74. The third-order valence-electron chi connectivity index (χ3n) is 7.37. The number of fused-ring (bicyclic) bond motifs is 2. The van der Waals surface area contributed by atoms with Gasteiger partial charge in [-0.05, 0) is 44.5 Å². The second-order valence-corrected chi connectivity index (χ2v) is 14.3. The predicted molar refractivity (Wildman–Crippen MR) is 169 cm³/mol. The first-order valence-corrected chi connectivity index (χ1v) is 17.8. The minimum absolute atomic E-state index is 0.0384. The van der Waals surface area contributed by atoms with E-state index >= 15 is 0 Å². The third kappa shape index (κ3) is 7.77. The highest BCUT2D eigenvalue weighted by molar-refractivity contribution is 7.86. The van der Waals surface area contributed by atoms with Crippen LogP contribution >= 0.6 is 23.2 Å². The van der Waals surface area contributed by atoms with Crippen LogP contribution in [0.1, 0.15) is 37.2 Å². The Balaban J connectivity index is 1.87. The van der Waals surface area contributed by atoms with Gasteiger partial charge in [-0.1, -0.05) is 29.3 Å². The lowest BCUT2D eigenvalue weighted by Crippen LogP contribution is -2.37. The summed E-state index contributed by atoms with van der Waals surface area (Å²) in [7, 11) is -8.62. The summed E-state index contributed by atoms with van der Waals surface area (Å²) in [6.07, 6.45) is 0.164. The Kier molecular flexibility index (Phi) is 10.2. The molecule has 4 rings (SSSR count). The van der Waals surface area contributed by atoms with Crippen molar-refractivity contribution in [1.82, 2.24) is 4.57 Å². The van der Waals surface area contributed by atoms with Crippen LogP contribution in [-0.4, -0.2) is 55.1 Å². The number of allylic oxidation sites excluding steroid dienone is 2. The maximum absolute atomic E-state index is 13.8. The molecule has 0 unspecified atom stereocenters. The Morgan fingerprint density at radius 2 is 1.56 bits per heavy atom. The number of hydrogen-bond donors (Lipinski definition) is 2. The summed E-state index contributed by atoms with van der Waals surface area (Å²) in [5.74, 6) is -0.155. The van der Waals surface area contributed by atoms with Crippen LogP contribution < -0.4 is 14.4 Å². The van der Waals surface area contributed by atoms with E-state index in [0.29, 0.717) is 41.0 Å². The number of nitrogens with zero attached hydrogens (tertiary/aromatic N) is 4. The number of anilines is 2. The average Bonchev–Trinajstić information content (AvgIpc) is 3.35. The normalized spacial score (nSPS) is 15.3. The number of imidazole rings is 1. The Bertz CT molecular complexity index is 1910. The second-order valence-electron chi connectivity index (χ2n) is 10.4. The SMILES string of the molecule is CCN1C(=CC=Cc2n(CC)c3cc(Cl)c(C(F)(F)F)cc3[n+]2CCCS(=O)(=O)O)N(CCS(=O)(=O)O)c2cc(C)c(Cl)cc21. The molecule has 0 saturated carbocycles. The van der Waals surface area contributed by atoms with Gasteiger partial charge in [0.1, 0.15) is 5.82 Å². The molecule has 3 aromatic rings. The van der Waals surface area contributed by atoms with Gasteiger partial charge < -0.3 is 9.80 Å². The fraction of sp³-hybridized carbons (Fsp3) is 0.393. The van der Waals surface area contributed by atoms with Gasteiger partial charge in [0.25, 0.3) is 26.1 Å². The summed E-state index contributed by atoms with van der Waals surface area (Å²) in [4.78, 5) is 3.63. The summed E-state index contributed by atoms with van der Waals surface area (Å²) < 4.78 is 109. The predicted octanol–water partition coefficient (Wildman–Crippen LogP) is 5.95. The molecule has 45 heavy (non-hydrogen) atoms. The van der Waals surface area contributed by atoms with Gasteiger partial charge in [0, 0.05) is 42.7 Å². The number of hydrogen-bond acceptors (Lipinski definition) is 6. The van der Waals surface area contributed by atoms with Crippen LogP contribution in [0.25, 0.3) is 17.1 Å². The molecule has 10 nitrogen and oxygen atoms in total. The third-order valence-corrected chi connectivity index (χ3v) is 9.60. The second kappa shape index (κ2) is 13.1. The smallest absolute Gasteiger partial charge is 0.326 e. The highest BCUT2D eigenvalue weighted by Gasteiger charge is 2.36. The first kappa shape index (κ1) is 35.0. The lowest BCUT2D eigenvalue weighted by molar-refractivity contribution is -0.673. The maximum Gasteiger partial charge on any atom is 0.418 e. The van der Waals surface area contributed by atoms with Crippen molar-refractivity contribution in [2.45, 2.75) is 46.5 Å². The van der Waals surface area contributed by atoms with Gasteiger partial charge in [-0.2, -0.15) is 30.0 Å². The molecule has 0 bridgehead atoms. The lowest BCUT2D eigenvalue weighted by atomic mass is 10.2. The molecule has 1 aliphatic heterocycles. The number of alkyl halides is 3. The number of rotatable bonds is 11. The topological polar surface area (TPSA) is 124 Å². The van der Waals surface area contributed by atoms with Gasteiger partial charge in [-0.15, -0.1) is 0 Å². The zero-order chi connectivity index (χ0) is 33.5. The van der Waals surface area contributed by atoms with E-state index in [4.69, 9.17) is 23.2 Å². The Morgan fingerprint density at radius 3 is 2.13 bits per heavy atom. The Morgan fingerprint density at radius 1 is 0.911 bits per heavy atom. The molecular formula is C28H32Cl2F3N4O6S2+. The van der Waals surface area contributed by atoms with Gasteiger partial charge in [-0.3, -0.25) is 9.11 Å². The van der Waals surface area contributed by atoms with E-state index < -0.39 is 48.5 Å². The fourth-order valence-electron chi connectivity index (χ4n) is 5.40. The monoisotopic (exact) mass is 711 g/mol. The summed E-state index contributed by atoms with van der Waals surface area (Å²) in [5, 5.41) is 0.0182. The van der Waals surface area contributed by atoms with E-state index in [1.54, 1.807) is 40.7 Å². The highest BCUT2D eigenvalue weighted by Crippen LogP contribution is 2.44. The molecule has 0 spiro atoms. The van der Waals surface area contributed by atoms with E-state index in [9.17, 15) is 39.1 Å². The summed E-state index contributed by atoms with van der Waals surface area (Å²) >= 11 is 12.4. The molecule has 0 fully saturated rings. The fourth-order valence-corrected chi connectivity index (χ4v) is 6.73. The summed E-state index contributed by atoms with van der Waals surface area (Å²) in [6, 6.07) is 5.71. The molecule has 0 amide bonds. The van der Waals surface area contributed by atoms with Crippen molar-refractivity contribution >= 4 is 71.9 Å². The first-order chi connectivity index (χ1) is 20.9. The van der Waals surface area contributed by atoms with Crippen molar-refractivity contribution in [1.29, 1.82) is 0 Å². The first-order valence-electron chi connectivity index (χ1n) is 13.8. The number of aryl methyl sites for hydroxylation is 3. The molecular weight excluding hydrogens is 680 g/mol. The van der Waals surface area contributed by atoms with Crippen LogP contribution in [0.2, 0.25) is 10.0 Å². The van der Waals surface area contributed by atoms with E-state index in [1.807, 2.05) is 24.8 Å². The van der Waals surface area contributed by atoms with Crippen LogP contribution in [0.4, 0.5) is 24.5 Å². The molecule has 2 aromatic carbocycles.